The third-order valence-corrected chi connectivity index (χ3v) is 11.0. The van der Waals surface area contributed by atoms with Gasteiger partial charge < -0.3 is 5.32 Å². The number of amides is 2. The van der Waals surface area contributed by atoms with Crippen molar-refractivity contribution in [1.29, 1.82) is 0 Å². The normalized spacial score (nSPS) is 30.9. The minimum Gasteiger partial charge on any atom is -0.324 e. The molecule has 4 atom stereocenters. The minimum atomic E-state index is -1.17. The summed E-state index contributed by atoms with van der Waals surface area (Å²) in [5.41, 5.74) is 2.42. The van der Waals surface area contributed by atoms with Crippen molar-refractivity contribution in [2.75, 3.05) is 17.6 Å². The molecule has 0 aliphatic carbocycles. The molecule has 1 N–H and O–H groups in total. The molecule has 3 saturated heterocycles. The van der Waals surface area contributed by atoms with E-state index in [-0.39, 0.29) is 23.1 Å². The van der Waals surface area contributed by atoms with Gasteiger partial charge >= 0.3 is 0 Å². The molecule has 36 heavy (non-hydrogen) atoms. The van der Waals surface area contributed by atoms with Crippen LogP contribution < -0.4 is 5.32 Å². The van der Waals surface area contributed by atoms with Gasteiger partial charge in [-0.1, -0.05) is 78.6 Å². The van der Waals surface area contributed by atoms with Crippen LogP contribution in [-0.4, -0.2) is 53.3 Å². The number of nitrogens with one attached hydrogen (secondary N) is 1. The van der Waals surface area contributed by atoms with E-state index in [1.165, 1.54) is 11.8 Å². The third-order valence-electron chi connectivity index (χ3n) is 7.77. The van der Waals surface area contributed by atoms with Gasteiger partial charge in [0.2, 0.25) is 5.91 Å². The lowest BCUT2D eigenvalue weighted by atomic mass is 9.72. The van der Waals surface area contributed by atoms with Crippen LogP contribution in [0, 0.1) is 0 Å². The van der Waals surface area contributed by atoms with Gasteiger partial charge in [-0.05, 0) is 23.3 Å². The highest BCUT2D eigenvalue weighted by atomic mass is 32.2. The average molecular weight is 531 g/mol. The van der Waals surface area contributed by atoms with Gasteiger partial charge in [0.15, 0.2) is 5.54 Å². The number of aromatic nitrogens is 1. The van der Waals surface area contributed by atoms with Crippen molar-refractivity contribution < 1.29 is 9.59 Å². The lowest BCUT2D eigenvalue weighted by Gasteiger charge is -2.42. The number of hydrogen-bond donors (Lipinski definition) is 1. The van der Waals surface area contributed by atoms with E-state index >= 15 is 0 Å². The molecule has 9 heteroatoms. The van der Waals surface area contributed by atoms with Gasteiger partial charge in [0.25, 0.3) is 5.91 Å². The number of nitrogens with zero attached hydrogens (tertiary/aromatic N) is 3. The SMILES string of the molecule is O=C1N(Cc2ccccc2)C(=S)SC12C(c1cccnc1)C1SCCN1C21C(=O)Nc2ccccc21. The smallest absolute Gasteiger partial charge is 0.251 e. The first kappa shape index (κ1) is 22.5. The number of anilines is 1. The molecule has 2 spiro atoms. The van der Waals surface area contributed by atoms with Gasteiger partial charge in [0.05, 0.1) is 11.9 Å². The van der Waals surface area contributed by atoms with E-state index in [1.54, 1.807) is 11.1 Å². The van der Waals surface area contributed by atoms with E-state index in [4.69, 9.17) is 12.2 Å². The maximum atomic E-state index is 14.9. The highest BCUT2D eigenvalue weighted by Gasteiger charge is 2.81. The monoisotopic (exact) mass is 530 g/mol. The topological polar surface area (TPSA) is 65.5 Å². The van der Waals surface area contributed by atoms with Crippen LogP contribution in [0.5, 0.6) is 0 Å². The maximum Gasteiger partial charge on any atom is 0.251 e. The Hall–Kier alpha value is -2.72. The summed E-state index contributed by atoms with van der Waals surface area (Å²) < 4.78 is -0.642. The van der Waals surface area contributed by atoms with E-state index in [1.807, 2.05) is 84.7 Å². The summed E-state index contributed by atoms with van der Waals surface area (Å²) in [4.78, 5) is 37.5. The molecule has 3 fully saturated rings. The van der Waals surface area contributed by atoms with Crippen molar-refractivity contribution in [1.82, 2.24) is 14.8 Å². The second-order valence-electron chi connectivity index (χ2n) is 9.41. The van der Waals surface area contributed by atoms with Crippen molar-refractivity contribution in [3.05, 3.63) is 95.8 Å². The summed E-state index contributed by atoms with van der Waals surface area (Å²) in [6.07, 6.45) is 3.59. The first-order valence-electron chi connectivity index (χ1n) is 11.9. The molecule has 4 aliphatic heterocycles. The summed E-state index contributed by atoms with van der Waals surface area (Å²) >= 11 is 9.12. The second-order valence-corrected chi connectivity index (χ2v) is 12.5. The number of rotatable bonds is 3. The van der Waals surface area contributed by atoms with Crippen LogP contribution in [0.25, 0.3) is 0 Å². The number of thioether (sulfide) groups is 2. The Kier molecular flexibility index (Phi) is 5.08. The van der Waals surface area contributed by atoms with Crippen LogP contribution in [-0.2, 0) is 21.7 Å². The fraction of sp³-hybridized carbons (Fsp3) is 0.259. The van der Waals surface area contributed by atoms with Crippen molar-refractivity contribution in [3.63, 3.8) is 0 Å². The number of benzene rings is 2. The molecule has 5 heterocycles. The molecule has 4 aliphatic rings. The van der Waals surface area contributed by atoms with Gasteiger partial charge in [-0.15, -0.1) is 11.8 Å². The summed E-state index contributed by atoms with van der Waals surface area (Å²) in [5, 5.41) is 3.08. The van der Waals surface area contributed by atoms with Crippen LogP contribution >= 0.6 is 35.7 Å². The fourth-order valence-electron chi connectivity index (χ4n) is 6.47. The van der Waals surface area contributed by atoms with Crippen molar-refractivity contribution in [2.24, 2.45) is 0 Å². The Morgan fingerprint density at radius 3 is 2.67 bits per heavy atom. The number of carbonyl (C=O) groups excluding carboxylic acids is 2. The van der Waals surface area contributed by atoms with Crippen molar-refractivity contribution in [3.8, 4) is 0 Å². The molecule has 3 aromatic rings. The molecule has 2 aromatic carbocycles. The first-order chi connectivity index (χ1) is 17.6. The molecule has 180 valence electrons. The van der Waals surface area contributed by atoms with E-state index in [2.05, 4.69) is 15.2 Å². The number of fused-ring (bicyclic) bond motifs is 5. The zero-order valence-electron chi connectivity index (χ0n) is 19.2. The second kappa shape index (κ2) is 8.14. The number of thiocarbonyl (C=S) groups is 1. The van der Waals surface area contributed by atoms with Gasteiger partial charge in [-0.2, -0.15) is 0 Å². The van der Waals surface area contributed by atoms with E-state index in [0.717, 1.165) is 34.7 Å². The Morgan fingerprint density at radius 2 is 1.86 bits per heavy atom. The summed E-state index contributed by atoms with van der Waals surface area (Å²) in [5.74, 6) is 0.378. The molecule has 2 amide bonds. The summed E-state index contributed by atoms with van der Waals surface area (Å²) in [6, 6.07) is 21.6. The zero-order valence-corrected chi connectivity index (χ0v) is 21.6. The molecule has 7 rings (SSSR count). The summed E-state index contributed by atoms with van der Waals surface area (Å²) in [6.45, 7) is 1.10. The quantitative estimate of drug-likeness (QED) is 0.509. The summed E-state index contributed by atoms with van der Waals surface area (Å²) in [7, 11) is 0. The van der Waals surface area contributed by atoms with Crippen LogP contribution in [0.4, 0.5) is 5.69 Å². The molecular weight excluding hydrogens is 509 g/mol. The third kappa shape index (κ3) is 2.74. The van der Waals surface area contributed by atoms with E-state index in [0.29, 0.717) is 10.9 Å². The van der Waals surface area contributed by atoms with Crippen LogP contribution in [0.3, 0.4) is 0 Å². The lowest BCUT2D eigenvalue weighted by Crippen LogP contribution is -2.62. The molecule has 6 nitrogen and oxygen atoms in total. The van der Waals surface area contributed by atoms with Crippen molar-refractivity contribution >= 4 is 57.6 Å². The Bertz CT molecular complexity index is 1400. The number of carbonyl (C=O) groups is 2. The van der Waals surface area contributed by atoms with E-state index in [9.17, 15) is 9.59 Å². The minimum absolute atomic E-state index is 0.0537. The Balaban J connectivity index is 1.49. The lowest BCUT2D eigenvalue weighted by molar-refractivity contribution is -0.138. The largest absolute Gasteiger partial charge is 0.324 e. The highest BCUT2D eigenvalue weighted by Crippen LogP contribution is 2.70. The molecule has 4 unspecified atom stereocenters. The predicted octanol–water partition coefficient (Wildman–Crippen LogP) is 4.20. The first-order valence-corrected chi connectivity index (χ1v) is 14.1. The molecular formula is C27H22N4O2S3. The Labute approximate surface area is 222 Å². The van der Waals surface area contributed by atoms with Gasteiger partial charge in [-0.3, -0.25) is 24.4 Å². The molecule has 0 saturated carbocycles. The van der Waals surface area contributed by atoms with Gasteiger partial charge in [0, 0.05) is 41.9 Å². The molecule has 0 bridgehead atoms. The number of hydrogen-bond acceptors (Lipinski definition) is 7. The van der Waals surface area contributed by atoms with Gasteiger partial charge in [-0.25, -0.2) is 0 Å². The number of pyridine rings is 1. The van der Waals surface area contributed by atoms with Crippen LogP contribution in [0.15, 0.2) is 79.1 Å². The standard InChI is InChI=1S/C27H22N4O2S3/c32-23-26(19-10-4-5-11-20(19)29-23)27(21(18-9-6-12-28-15-18)22-31(26)13-14-35-22)24(33)30(25(34)36-27)16-17-7-2-1-3-8-17/h1-12,15,21-22H,13-14,16H2,(H,29,32). The molecule has 0 radical (unpaired) electrons. The molecule has 1 aromatic heterocycles. The number of para-hydroxylation sites is 1. The zero-order chi connectivity index (χ0) is 24.5. The van der Waals surface area contributed by atoms with Crippen LogP contribution in [0.2, 0.25) is 0 Å². The Morgan fingerprint density at radius 1 is 1.06 bits per heavy atom. The highest BCUT2D eigenvalue weighted by molar-refractivity contribution is 8.25. The van der Waals surface area contributed by atoms with Crippen molar-refractivity contribution in [2.45, 2.75) is 28.1 Å². The fourth-order valence-corrected chi connectivity index (χ4v) is 10.2. The van der Waals surface area contributed by atoms with Gasteiger partial charge in [0.1, 0.15) is 9.07 Å². The average Bonchev–Trinajstić information content (AvgIpc) is 3.61. The maximum absolute atomic E-state index is 14.9. The van der Waals surface area contributed by atoms with Crippen LogP contribution in [0.1, 0.15) is 22.6 Å². The van der Waals surface area contributed by atoms with E-state index < -0.39 is 10.3 Å². The predicted molar refractivity (Wildman–Crippen MR) is 147 cm³/mol.